The van der Waals surface area contributed by atoms with E-state index >= 15 is 0 Å². The van der Waals surface area contributed by atoms with E-state index in [-0.39, 0.29) is 11.8 Å². The summed E-state index contributed by atoms with van der Waals surface area (Å²) in [5, 5.41) is 0. The molecule has 0 aromatic carbocycles. The monoisotopic (exact) mass is 345 g/mol. The quantitative estimate of drug-likeness (QED) is 0.734. The lowest BCUT2D eigenvalue weighted by Crippen LogP contribution is -2.49. The normalized spacial score (nSPS) is 33.7. The van der Waals surface area contributed by atoms with Gasteiger partial charge in [0, 0.05) is 38.8 Å². The summed E-state index contributed by atoms with van der Waals surface area (Å²) in [6, 6.07) is 0.422. The Morgan fingerprint density at radius 3 is 2.57 bits per heavy atom. The molecule has 2 heterocycles. The van der Waals surface area contributed by atoms with Gasteiger partial charge in [0.1, 0.15) is 0 Å². The minimum atomic E-state index is -3.18. The predicted molar refractivity (Wildman–Crippen MR) is 91.0 cm³/mol. The number of hydrogen-bond donors (Lipinski definition) is 1. The van der Waals surface area contributed by atoms with Crippen LogP contribution in [0.2, 0.25) is 0 Å². The lowest BCUT2D eigenvalue weighted by atomic mass is 10.1. The summed E-state index contributed by atoms with van der Waals surface area (Å²) in [7, 11) is -1.42. The average Bonchev–Trinajstić information content (AvgIpc) is 3.26. The van der Waals surface area contributed by atoms with Crippen molar-refractivity contribution in [2.75, 3.05) is 45.6 Å². The van der Waals surface area contributed by atoms with E-state index in [1.165, 1.54) is 12.8 Å². The van der Waals surface area contributed by atoms with Crippen molar-refractivity contribution >= 4 is 10.0 Å². The van der Waals surface area contributed by atoms with E-state index in [0.29, 0.717) is 18.7 Å². The van der Waals surface area contributed by atoms with Gasteiger partial charge in [-0.05, 0) is 45.2 Å². The minimum Gasteiger partial charge on any atom is -0.380 e. The molecule has 2 saturated heterocycles. The van der Waals surface area contributed by atoms with Crippen molar-refractivity contribution < 1.29 is 13.2 Å². The molecular weight excluding hydrogens is 314 g/mol. The van der Waals surface area contributed by atoms with Crippen molar-refractivity contribution in [3.8, 4) is 0 Å². The van der Waals surface area contributed by atoms with E-state index in [9.17, 15) is 8.42 Å². The first kappa shape index (κ1) is 17.6. The summed E-state index contributed by atoms with van der Waals surface area (Å²) in [5.41, 5.74) is 0. The van der Waals surface area contributed by atoms with Crippen molar-refractivity contribution in [3.63, 3.8) is 0 Å². The lowest BCUT2D eigenvalue weighted by Gasteiger charge is -2.30. The van der Waals surface area contributed by atoms with E-state index in [4.69, 9.17) is 4.74 Å². The van der Waals surface area contributed by atoms with Gasteiger partial charge in [-0.3, -0.25) is 4.90 Å². The summed E-state index contributed by atoms with van der Waals surface area (Å²) in [4.78, 5) is 4.68. The molecule has 7 heteroatoms. The fraction of sp³-hybridized carbons (Fsp3) is 1.00. The maximum Gasteiger partial charge on any atom is 0.213 e. The zero-order valence-electron chi connectivity index (χ0n) is 14.2. The van der Waals surface area contributed by atoms with Gasteiger partial charge in [0.15, 0.2) is 0 Å². The fourth-order valence-electron chi connectivity index (χ4n) is 4.31. The second-order valence-electron chi connectivity index (χ2n) is 7.23. The van der Waals surface area contributed by atoms with Gasteiger partial charge in [0.2, 0.25) is 10.0 Å². The van der Waals surface area contributed by atoms with Crippen molar-refractivity contribution in [1.82, 2.24) is 14.5 Å². The van der Waals surface area contributed by atoms with Crippen LogP contribution in [0.1, 0.15) is 38.5 Å². The predicted octanol–water partition coefficient (Wildman–Crippen LogP) is 0.643. The van der Waals surface area contributed by atoms with E-state index in [1.54, 1.807) is 7.11 Å². The highest BCUT2D eigenvalue weighted by molar-refractivity contribution is 7.89. The fourth-order valence-corrected chi connectivity index (χ4v) is 5.66. The maximum atomic E-state index is 12.4. The van der Waals surface area contributed by atoms with E-state index < -0.39 is 10.0 Å². The van der Waals surface area contributed by atoms with Crippen LogP contribution in [0.15, 0.2) is 0 Å². The molecule has 2 aliphatic heterocycles. The second kappa shape index (κ2) is 7.78. The number of likely N-dealkylation sites (tertiary alicyclic amines) is 2. The van der Waals surface area contributed by atoms with Crippen molar-refractivity contribution in [3.05, 3.63) is 0 Å². The number of nitrogens with zero attached hydrogens (tertiary/aromatic N) is 2. The van der Waals surface area contributed by atoms with Crippen molar-refractivity contribution in [1.29, 1.82) is 0 Å². The summed E-state index contributed by atoms with van der Waals surface area (Å²) in [6.07, 6.45) is 6.93. The number of sulfonamides is 1. The summed E-state index contributed by atoms with van der Waals surface area (Å²) in [6.45, 7) is 4.73. The molecule has 134 valence electrons. The van der Waals surface area contributed by atoms with Gasteiger partial charge in [-0.1, -0.05) is 6.42 Å². The zero-order chi connectivity index (χ0) is 16.3. The van der Waals surface area contributed by atoms with Crippen LogP contribution in [0.5, 0.6) is 0 Å². The molecule has 0 bridgehead atoms. The van der Waals surface area contributed by atoms with Gasteiger partial charge in [-0.15, -0.1) is 0 Å². The Bertz CT molecular complexity index is 479. The Labute approximate surface area is 140 Å². The SMILES string of the molecule is COC1CCN([C@H]2CCC[C@H]2NS(=O)(=O)CCN2CCCC2)C1. The average molecular weight is 346 g/mol. The third kappa shape index (κ3) is 4.66. The van der Waals surface area contributed by atoms with E-state index in [2.05, 4.69) is 14.5 Å². The molecule has 0 aromatic rings. The van der Waals surface area contributed by atoms with Gasteiger partial charge >= 0.3 is 0 Å². The van der Waals surface area contributed by atoms with E-state index in [1.807, 2.05) is 0 Å². The molecule has 23 heavy (non-hydrogen) atoms. The highest BCUT2D eigenvalue weighted by atomic mass is 32.2. The molecule has 1 unspecified atom stereocenters. The second-order valence-corrected chi connectivity index (χ2v) is 9.10. The highest BCUT2D eigenvalue weighted by Crippen LogP contribution is 2.28. The molecule has 3 aliphatic rings. The molecule has 3 rings (SSSR count). The number of hydrogen-bond acceptors (Lipinski definition) is 5. The van der Waals surface area contributed by atoms with Gasteiger partial charge in [0.05, 0.1) is 11.9 Å². The van der Waals surface area contributed by atoms with Crippen LogP contribution in [-0.4, -0.2) is 82.0 Å². The molecular formula is C16H31N3O3S. The first-order chi connectivity index (χ1) is 11.1. The molecule has 3 fully saturated rings. The Morgan fingerprint density at radius 1 is 1.09 bits per heavy atom. The molecule has 0 radical (unpaired) electrons. The molecule has 0 aromatic heterocycles. The Balaban J connectivity index is 1.51. The molecule has 0 spiro atoms. The highest BCUT2D eigenvalue weighted by Gasteiger charge is 2.37. The van der Waals surface area contributed by atoms with Gasteiger partial charge in [0.25, 0.3) is 0 Å². The smallest absolute Gasteiger partial charge is 0.213 e. The van der Waals surface area contributed by atoms with E-state index in [0.717, 1.165) is 51.9 Å². The summed E-state index contributed by atoms with van der Waals surface area (Å²) >= 11 is 0. The Hall–Kier alpha value is -0.210. The Kier molecular flexibility index (Phi) is 5.96. The number of methoxy groups -OCH3 is 1. The van der Waals surface area contributed by atoms with Crippen LogP contribution in [0.4, 0.5) is 0 Å². The Morgan fingerprint density at radius 2 is 1.87 bits per heavy atom. The standard InChI is InChI=1S/C16H31N3O3S/c1-22-14-7-10-19(13-14)16-6-4-5-15(16)17-23(20,21)12-11-18-8-2-3-9-18/h14-17H,2-13H2,1H3/t14?,15-,16+/m1/s1. The molecule has 3 atom stereocenters. The lowest BCUT2D eigenvalue weighted by molar-refractivity contribution is 0.0990. The van der Waals surface area contributed by atoms with Crippen LogP contribution >= 0.6 is 0 Å². The van der Waals surface area contributed by atoms with Crippen LogP contribution < -0.4 is 4.72 Å². The third-order valence-electron chi connectivity index (χ3n) is 5.66. The first-order valence-corrected chi connectivity index (χ1v) is 10.7. The maximum absolute atomic E-state index is 12.4. The molecule has 0 amide bonds. The number of nitrogens with one attached hydrogen (secondary N) is 1. The summed E-state index contributed by atoms with van der Waals surface area (Å²) in [5.74, 6) is 0.233. The minimum absolute atomic E-state index is 0.0779. The molecule has 1 saturated carbocycles. The van der Waals surface area contributed by atoms with Crippen LogP contribution in [-0.2, 0) is 14.8 Å². The van der Waals surface area contributed by atoms with Crippen LogP contribution in [0.3, 0.4) is 0 Å². The van der Waals surface area contributed by atoms with Gasteiger partial charge < -0.3 is 9.64 Å². The van der Waals surface area contributed by atoms with Crippen LogP contribution in [0.25, 0.3) is 0 Å². The topological polar surface area (TPSA) is 61.9 Å². The molecule has 1 N–H and O–H groups in total. The van der Waals surface area contributed by atoms with Crippen molar-refractivity contribution in [2.24, 2.45) is 0 Å². The molecule has 1 aliphatic carbocycles. The first-order valence-electron chi connectivity index (χ1n) is 9.06. The molecule has 6 nitrogen and oxygen atoms in total. The number of rotatable bonds is 7. The summed E-state index contributed by atoms with van der Waals surface area (Å²) < 4.78 is 33.3. The number of ether oxygens (including phenoxy) is 1. The van der Waals surface area contributed by atoms with Gasteiger partial charge in [-0.25, -0.2) is 13.1 Å². The largest absolute Gasteiger partial charge is 0.380 e. The zero-order valence-corrected chi connectivity index (χ0v) is 15.1. The van der Waals surface area contributed by atoms with Crippen LogP contribution in [0, 0.1) is 0 Å². The van der Waals surface area contributed by atoms with Crippen molar-refractivity contribution in [2.45, 2.75) is 56.7 Å². The third-order valence-corrected chi connectivity index (χ3v) is 7.05. The van der Waals surface area contributed by atoms with Gasteiger partial charge in [-0.2, -0.15) is 0 Å².